The van der Waals surface area contributed by atoms with Crippen molar-refractivity contribution in [2.45, 2.75) is 25.8 Å². The van der Waals surface area contributed by atoms with Gasteiger partial charge in [0.1, 0.15) is 11.3 Å². The lowest BCUT2D eigenvalue weighted by Crippen LogP contribution is -2.28. The maximum Gasteiger partial charge on any atom is 0.141 e. The third kappa shape index (κ3) is 3.27. The highest BCUT2D eigenvalue weighted by Gasteiger charge is 2.18. The van der Waals surface area contributed by atoms with Crippen molar-refractivity contribution >= 4 is 33.5 Å². The van der Waals surface area contributed by atoms with E-state index in [0.29, 0.717) is 5.02 Å². The van der Waals surface area contributed by atoms with Gasteiger partial charge in [-0.15, -0.1) is 0 Å². The summed E-state index contributed by atoms with van der Waals surface area (Å²) < 4.78 is 2.39. The molecular formula is C23H23ClN4. The van der Waals surface area contributed by atoms with Gasteiger partial charge in [0.05, 0.1) is 17.2 Å². The molecule has 0 spiro atoms. The fraction of sp³-hybridized carbons (Fsp3) is 0.304. The van der Waals surface area contributed by atoms with Crippen LogP contribution < -0.4 is 5.32 Å². The van der Waals surface area contributed by atoms with Crippen LogP contribution >= 0.6 is 11.6 Å². The van der Waals surface area contributed by atoms with E-state index in [-0.39, 0.29) is 0 Å². The second-order valence-electron chi connectivity index (χ2n) is 7.59. The minimum absolute atomic E-state index is 0.711. The highest BCUT2D eigenvalue weighted by molar-refractivity contribution is 6.31. The molecule has 1 aliphatic heterocycles. The lowest BCUT2D eigenvalue weighted by molar-refractivity contribution is 0.340. The van der Waals surface area contributed by atoms with Crippen LogP contribution in [0.2, 0.25) is 5.02 Å². The van der Waals surface area contributed by atoms with Gasteiger partial charge in [-0.2, -0.15) is 0 Å². The summed E-state index contributed by atoms with van der Waals surface area (Å²) in [5.41, 5.74) is 4.17. The molecule has 28 heavy (non-hydrogen) atoms. The van der Waals surface area contributed by atoms with E-state index >= 15 is 0 Å². The van der Waals surface area contributed by atoms with Crippen molar-refractivity contribution in [3.05, 3.63) is 59.8 Å². The molecule has 0 bridgehead atoms. The Morgan fingerprint density at radius 1 is 1.04 bits per heavy atom. The number of imidazole rings is 1. The molecule has 2 aromatic carbocycles. The highest BCUT2D eigenvalue weighted by Crippen LogP contribution is 2.31. The second-order valence-corrected chi connectivity index (χ2v) is 8.03. The average molecular weight is 391 g/mol. The van der Waals surface area contributed by atoms with E-state index in [1.807, 2.05) is 24.4 Å². The van der Waals surface area contributed by atoms with E-state index in [0.717, 1.165) is 58.9 Å². The monoisotopic (exact) mass is 390 g/mol. The van der Waals surface area contributed by atoms with Gasteiger partial charge in [0, 0.05) is 22.5 Å². The smallest absolute Gasteiger partial charge is 0.141 e. The van der Waals surface area contributed by atoms with Crippen molar-refractivity contribution in [1.29, 1.82) is 0 Å². The fourth-order valence-electron chi connectivity index (χ4n) is 4.29. The summed E-state index contributed by atoms with van der Waals surface area (Å²) in [5, 5.41) is 5.29. The standard InChI is InChI=1S/C23H23ClN4/c24-18-6-7-19-20(14-18)26-15-21-22(19)28(13-10-16-8-11-25-12-9-16)23(27-21)17-4-2-1-3-5-17/h1-7,14-16,25H,8-13H2. The molecule has 1 N–H and O–H groups in total. The molecule has 0 amide bonds. The Bertz CT molecular complexity index is 1110. The number of pyridine rings is 1. The molecule has 2 aromatic heterocycles. The number of hydrogen-bond acceptors (Lipinski definition) is 3. The lowest BCUT2D eigenvalue weighted by atomic mass is 9.94. The van der Waals surface area contributed by atoms with Crippen LogP contribution in [0.25, 0.3) is 33.3 Å². The number of nitrogens with zero attached hydrogens (tertiary/aromatic N) is 3. The maximum atomic E-state index is 6.21. The van der Waals surface area contributed by atoms with E-state index in [1.54, 1.807) is 0 Å². The van der Waals surface area contributed by atoms with E-state index in [1.165, 1.54) is 19.3 Å². The van der Waals surface area contributed by atoms with Crippen LogP contribution in [-0.4, -0.2) is 27.6 Å². The highest BCUT2D eigenvalue weighted by atomic mass is 35.5. The number of rotatable bonds is 4. The molecule has 4 aromatic rings. The van der Waals surface area contributed by atoms with E-state index in [2.05, 4.69) is 45.2 Å². The lowest BCUT2D eigenvalue weighted by Gasteiger charge is -2.23. The van der Waals surface area contributed by atoms with E-state index < -0.39 is 0 Å². The Hall–Kier alpha value is -2.43. The van der Waals surface area contributed by atoms with Gasteiger partial charge in [-0.05, 0) is 56.5 Å². The molecule has 1 fully saturated rings. The van der Waals surface area contributed by atoms with Crippen LogP contribution in [0.4, 0.5) is 0 Å². The number of benzene rings is 2. The number of aromatic nitrogens is 3. The Labute approximate surface area is 169 Å². The van der Waals surface area contributed by atoms with Gasteiger partial charge in [-0.25, -0.2) is 4.98 Å². The number of halogens is 1. The molecule has 5 rings (SSSR count). The number of aryl methyl sites for hydroxylation is 1. The third-order valence-corrected chi connectivity index (χ3v) is 6.02. The molecule has 0 atom stereocenters. The zero-order chi connectivity index (χ0) is 18.9. The van der Waals surface area contributed by atoms with Crippen LogP contribution in [0.5, 0.6) is 0 Å². The molecule has 1 saturated heterocycles. The second kappa shape index (κ2) is 7.53. The summed E-state index contributed by atoms with van der Waals surface area (Å²) in [4.78, 5) is 9.57. The van der Waals surface area contributed by atoms with E-state index in [9.17, 15) is 0 Å². The maximum absolute atomic E-state index is 6.21. The van der Waals surface area contributed by atoms with Gasteiger partial charge in [-0.1, -0.05) is 41.9 Å². The van der Waals surface area contributed by atoms with Gasteiger partial charge in [0.15, 0.2) is 0 Å². The molecule has 4 nitrogen and oxygen atoms in total. The number of fused-ring (bicyclic) bond motifs is 3. The molecule has 5 heteroatoms. The Morgan fingerprint density at radius 3 is 2.68 bits per heavy atom. The molecular weight excluding hydrogens is 368 g/mol. The third-order valence-electron chi connectivity index (χ3n) is 5.79. The van der Waals surface area contributed by atoms with Crippen molar-refractivity contribution in [3.63, 3.8) is 0 Å². The summed E-state index contributed by atoms with van der Waals surface area (Å²) in [6, 6.07) is 16.4. The molecule has 0 aliphatic carbocycles. The minimum atomic E-state index is 0.711. The Balaban J connectivity index is 1.66. The van der Waals surface area contributed by atoms with Crippen LogP contribution in [0, 0.1) is 5.92 Å². The van der Waals surface area contributed by atoms with Crippen LogP contribution in [-0.2, 0) is 6.54 Å². The Morgan fingerprint density at radius 2 is 1.86 bits per heavy atom. The molecule has 1 aliphatic rings. The molecule has 0 unspecified atom stereocenters. The summed E-state index contributed by atoms with van der Waals surface area (Å²) in [6.45, 7) is 3.23. The van der Waals surface area contributed by atoms with Gasteiger partial charge in [0.25, 0.3) is 0 Å². The number of hydrogen-bond donors (Lipinski definition) is 1. The number of nitrogens with one attached hydrogen (secondary N) is 1. The first kappa shape index (κ1) is 17.7. The average Bonchev–Trinajstić information content (AvgIpc) is 3.12. The quantitative estimate of drug-likeness (QED) is 0.514. The topological polar surface area (TPSA) is 42.7 Å². The van der Waals surface area contributed by atoms with Crippen molar-refractivity contribution < 1.29 is 0 Å². The van der Waals surface area contributed by atoms with Crippen molar-refractivity contribution in [2.24, 2.45) is 5.92 Å². The molecule has 0 saturated carbocycles. The first-order valence-corrected chi connectivity index (χ1v) is 10.4. The first-order valence-electron chi connectivity index (χ1n) is 10.0. The molecule has 142 valence electrons. The van der Waals surface area contributed by atoms with Gasteiger partial charge in [-0.3, -0.25) is 4.98 Å². The zero-order valence-corrected chi connectivity index (χ0v) is 16.5. The first-order chi connectivity index (χ1) is 13.8. The van der Waals surface area contributed by atoms with Crippen LogP contribution in [0.15, 0.2) is 54.7 Å². The predicted octanol–water partition coefficient (Wildman–Crippen LogP) is 5.29. The van der Waals surface area contributed by atoms with Crippen LogP contribution in [0.1, 0.15) is 19.3 Å². The summed E-state index contributed by atoms with van der Waals surface area (Å²) in [5.74, 6) is 1.79. The zero-order valence-electron chi connectivity index (χ0n) is 15.7. The van der Waals surface area contributed by atoms with Crippen molar-refractivity contribution in [1.82, 2.24) is 19.9 Å². The normalized spacial score (nSPS) is 15.5. The van der Waals surface area contributed by atoms with Gasteiger partial charge in [0.2, 0.25) is 0 Å². The van der Waals surface area contributed by atoms with Gasteiger partial charge >= 0.3 is 0 Å². The summed E-state index contributed by atoms with van der Waals surface area (Å²) in [7, 11) is 0. The van der Waals surface area contributed by atoms with Crippen LogP contribution in [0.3, 0.4) is 0 Å². The Kier molecular flexibility index (Phi) is 4.75. The minimum Gasteiger partial charge on any atom is -0.323 e. The summed E-state index contributed by atoms with van der Waals surface area (Å²) >= 11 is 6.21. The van der Waals surface area contributed by atoms with Crippen molar-refractivity contribution in [2.75, 3.05) is 13.1 Å². The number of piperidine rings is 1. The van der Waals surface area contributed by atoms with Gasteiger partial charge < -0.3 is 9.88 Å². The fourth-order valence-corrected chi connectivity index (χ4v) is 4.46. The predicted molar refractivity (Wildman–Crippen MR) is 116 cm³/mol. The van der Waals surface area contributed by atoms with Crippen molar-refractivity contribution in [3.8, 4) is 11.4 Å². The largest absolute Gasteiger partial charge is 0.323 e. The SMILES string of the molecule is Clc1ccc2c(c1)ncc1nc(-c3ccccc3)n(CCC3CCNCC3)c12. The molecule has 3 heterocycles. The summed E-state index contributed by atoms with van der Waals surface area (Å²) in [6.07, 6.45) is 5.56. The molecule has 0 radical (unpaired) electrons. The van der Waals surface area contributed by atoms with E-state index in [4.69, 9.17) is 16.6 Å².